The van der Waals surface area contributed by atoms with E-state index in [0.717, 1.165) is 19.5 Å². The highest BCUT2D eigenvalue weighted by molar-refractivity contribution is 5.55. The molecule has 0 fully saturated rings. The van der Waals surface area contributed by atoms with Crippen LogP contribution in [0.2, 0.25) is 0 Å². The maximum atomic E-state index is 3.15. The molecule has 0 amide bonds. The minimum absolute atomic E-state index is 0.622. The molecule has 1 heterocycles. The third kappa shape index (κ3) is 6.82. The Morgan fingerprint density at radius 2 is 1.87 bits per heavy atom. The summed E-state index contributed by atoms with van der Waals surface area (Å²) in [5.74, 6) is 3.61. The maximum absolute atomic E-state index is 3.15. The van der Waals surface area contributed by atoms with Gasteiger partial charge in [-0.3, -0.25) is 0 Å². The molecule has 1 aromatic rings. The van der Waals surface area contributed by atoms with Crippen molar-refractivity contribution in [3.8, 4) is 12.0 Å². The Balaban J connectivity index is 0.00000112. The van der Waals surface area contributed by atoms with Gasteiger partial charge in [-0.25, -0.2) is 0 Å². The Morgan fingerprint density at radius 3 is 2.48 bits per heavy atom. The molecule has 1 aliphatic heterocycles. The largest absolute Gasteiger partial charge is 0.374 e. The lowest BCUT2D eigenvalue weighted by Gasteiger charge is -2.34. The summed E-state index contributed by atoms with van der Waals surface area (Å²) in [6.45, 7) is 14.0. The number of hydrogen-bond donors (Lipinski definition) is 0. The highest BCUT2D eigenvalue weighted by Crippen LogP contribution is 2.28. The summed E-state index contributed by atoms with van der Waals surface area (Å²) in [7, 11) is 2.18. The van der Waals surface area contributed by atoms with Gasteiger partial charge in [0, 0.05) is 38.1 Å². The van der Waals surface area contributed by atoms with Crippen molar-refractivity contribution in [3.63, 3.8) is 0 Å². The molecule has 0 saturated carbocycles. The zero-order valence-corrected chi connectivity index (χ0v) is 16.1. The Bertz CT molecular complexity index is 508. The van der Waals surface area contributed by atoms with E-state index < -0.39 is 0 Å². The van der Waals surface area contributed by atoms with Gasteiger partial charge in [-0.1, -0.05) is 57.9 Å². The lowest BCUT2D eigenvalue weighted by Crippen LogP contribution is -2.37. The molecule has 23 heavy (non-hydrogen) atoms. The van der Waals surface area contributed by atoms with Crippen LogP contribution >= 0.6 is 0 Å². The minimum Gasteiger partial charge on any atom is -0.374 e. The third-order valence-corrected chi connectivity index (χ3v) is 3.48. The number of nitrogens with zero attached hydrogens (tertiary/aromatic N) is 2. The SMILES string of the molecule is CC.CC.CC#CN(/C=C\C)CC1Cc2ccccc2N(C)C1. The second kappa shape index (κ2) is 12.6. The molecule has 128 valence electrons. The predicted octanol–water partition coefficient (Wildman–Crippen LogP) is 5.16. The van der Waals surface area contributed by atoms with Gasteiger partial charge in [0.05, 0.1) is 0 Å². The third-order valence-electron chi connectivity index (χ3n) is 3.48. The van der Waals surface area contributed by atoms with Crippen LogP contribution in [0.15, 0.2) is 36.5 Å². The quantitative estimate of drug-likeness (QED) is 0.561. The van der Waals surface area contributed by atoms with Gasteiger partial charge in [-0.2, -0.15) is 0 Å². The standard InChI is InChI=1S/C17H22N2.2C2H6/c1-4-10-19(11-5-2)14-15-12-16-8-6-7-9-17(16)18(3)13-15;2*1-2/h4,6-10,15H,12-14H2,1-3H3;2*1-2H3/b10-4-;;. The molecule has 0 bridgehead atoms. The summed E-state index contributed by atoms with van der Waals surface area (Å²) in [6, 6.07) is 11.8. The van der Waals surface area contributed by atoms with Crippen LogP contribution in [0.5, 0.6) is 0 Å². The normalized spacial score (nSPS) is 15.3. The van der Waals surface area contributed by atoms with E-state index in [0.29, 0.717) is 5.92 Å². The molecule has 0 aliphatic carbocycles. The molecule has 1 aromatic carbocycles. The molecule has 0 aromatic heterocycles. The molecular formula is C21H34N2. The average Bonchev–Trinajstić information content (AvgIpc) is 2.59. The van der Waals surface area contributed by atoms with Crippen molar-refractivity contribution >= 4 is 5.69 Å². The van der Waals surface area contributed by atoms with Gasteiger partial charge in [0.15, 0.2) is 0 Å². The number of benzene rings is 1. The topological polar surface area (TPSA) is 6.48 Å². The Labute approximate surface area is 144 Å². The molecule has 2 nitrogen and oxygen atoms in total. The first-order valence-corrected chi connectivity index (χ1v) is 8.85. The zero-order chi connectivity index (χ0) is 17.7. The predicted molar refractivity (Wildman–Crippen MR) is 105 cm³/mol. The summed E-state index contributed by atoms with van der Waals surface area (Å²) in [6.07, 6.45) is 5.25. The van der Waals surface area contributed by atoms with E-state index in [4.69, 9.17) is 0 Å². The summed E-state index contributed by atoms with van der Waals surface area (Å²) >= 11 is 0. The lowest BCUT2D eigenvalue weighted by molar-refractivity contribution is 0.386. The number of rotatable bonds is 3. The van der Waals surface area contributed by atoms with E-state index >= 15 is 0 Å². The first-order valence-electron chi connectivity index (χ1n) is 8.85. The van der Waals surface area contributed by atoms with Crippen LogP contribution in [0.4, 0.5) is 5.69 Å². The van der Waals surface area contributed by atoms with E-state index in [-0.39, 0.29) is 0 Å². The van der Waals surface area contributed by atoms with Crippen LogP contribution in [0, 0.1) is 17.9 Å². The Hall–Kier alpha value is -1.88. The zero-order valence-electron chi connectivity index (χ0n) is 16.1. The average molecular weight is 315 g/mol. The smallest absolute Gasteiger partial charge is 0.0396 e. The number of anilines is 1. The Morgan fingerprint density at radius 1 is 1.22 bits per heavy atom. The molecule has 1 atom stereocenters. The second-order valence-corrected chi connectivity index (χ2v) is 5.08. The monoisotopic (exact) mass is 314 g/mol. The molecule has 0 spiro atoms. The molecule has 0 radical (unpaired) electrons. The summed E-state index contributed by atoms with van der Waals surface area (Å²) in [5.41, 5.74) is 2.82. The van der Waals surface area contributed by atoms with Crippen molar-refractivity contribution in [2.45, 2.75) is 48.0 Å². The van der Waals surface area contributed by atoms with Gasteiger partial charge in [0.25, 0.3) is 0 Å². The van der Waals surface area contributed by atoms with Gasteiger partial charge >= 0.3 is 0 Å². The fourth-order valence-corrected chi connectivity index (χ4v) is 2.78. The van der Waals surface area contributed by atoms with E-state index in [9.17, 15) is 0 Å². The summed E-state index contributed by atoms with van der Waals surface area (Å²) in [5, 5.41) is 0. The number of hydrogen-bond acceptors (Lipinski definition) is 2. The molecule has 1 aliphatic rings. The van der Waals surface area contributed by atoms with Crippen LogP contribution in [0.3, 0.4) is 0 Å². The van der Waals surface area contributed by atoms with E-state index in [1.54, 1.807) is 0 Å². The minimum atomic E-state index is 0.622. The first kappa shape index (κ1) is 21.1. The molecule has 0 N–H and O–H groups in total. The molecular weight excluding hydrogens is 280 g/mol. The van der Waals surface area contributed by atoms with Gasteiger partial charge in [0.1, 0.15) is 0 Å². The molecule has 0 saturated heterocycles. The fourth-order valence-electron chi connectivity index (χ4n) is 2.78. The van der Waals surface area contributed by atoms with Crippen molar-refractivity contribution in [3.05, 3.63) is 42.1 Å². The second-order valence-electron chi connectivity index (χ2n) is 5.08. The highest BCUT2D eigenvalue weighted by atomic mass is 15.1. The van der Waals surface area contributed by atoms with Gasteiger partial charge in [0.2, 0.25) is 0 Å². The molecule has 2 rings (SSSR count). The van der Waals surface area contributed by atoms with Crippen molar-refractivity contribution < 1.29 is 0 Å². The van der Waals surface area contributed by atoms with E-state index in [1.165, 1.54) is 11.3 Å². The van der Waals surface area contributed by atoms with Gasteiger partial charge in [-0.05, 0) is 37.8 Å². The van der Waals surface area contributed by atoms with Gasteiger partial charge in [-0.15, -0.1) is 0 Å². The molecule has 1 unspecified atom stereocenters. The van der Waals surface area contributed by atoms with Crippen LogP contribution in [0.25, 0.3) is 0 Å². The van der Waals surface area contributed by atoms with Gasteiger partial charge < -0.3 is 9.80 Å². The van der Waals surface area contributed by atoms with Crippen LogP contribution in [-0.2, 0) is 6.42 Å². The lowest BCUT2D eigenvalue weighted by atomic mass is 9.92. The Kier molecular flexibility index (Phi) is 11.6. The number of allylic oxidation sites excluding steroid dienone is 1. The van der Waals surface area contributed by atoms with Crippen molar-refractivity contribution in [2.24, 2.45) is 5.92 Å². The van der Waals surface area contributed by atoms with E-state index in [1.807, 2.05) is 47.6 Å². The summed E-state index contributed by atoms with van der Waals surface area (Å²) < 4.78 is 0. The van der Waals surface area contributed by atoms with Crippen LogP contribution in [0.1, 0.15) is 47.1 Å². The highest BCUT2D eigenvalue weighted by Gasteiger charge is 2.22. The maximum Gasteiger partial charge on any atom is 0.0396 e. The van der Waals surface area contributed by atoms with Crippen molar-refractivity contribution in [2.75, 3.05) is 25.0 Å². The summed E-state index contributed by atoms with van der Waals surface area (Å²) in [4.78, 5) is 4.46. The molecule has 2 heteroatoms. The van der Waals surface area contributed by atoms with Crippen molar-refractivity contribution in [1.82, 2.24) is 4.90 Å². The van der Waals surface area contributed by atoms with Crippen LogP contribution < -0.4 is 4.90 Å². The number of para-hydroxylation sites is 1. The van der Waals surface area contributed by atoms with E-state index in [2.05, 4.69) is 59.3 Å². The fraction of sp³-hybridized carbons (Fsp3) is 0.524. The van der Waals surface area contributed by atoms with Crippen LogP contribution in [-0.4, -0.2) is 25.0 Å². The first-order chi connectivity index (χ1) is 11.2. The number of fused-ring (bicyclic) bond motifs is 1. The van der Waals surface area contributed by atoms with Crippen molar-refractivity contribution in [1.29, 1.82) is 0 Å².